The van der Waals surface area contributed by atoms with Crippen LogP contribution in [0.5, 0.6) is 5.75 Å². The quantitative estimate of drug-likeness (QED) is 0.531. The fourth-order valence-corrected chi connectivity index (χ4v) is 3.12. The highest BCUT2D eigenvalue weighted by atomic mass is 35.5. The molecule has 1 N–H and O–H groups in total. The van der Waals surface area contributed by atoms with Gasteiger partial charge in [0.2, 0.25) is 11.8 Å². The summed E-state index contributed by atoms with van der Waals surface area (Å²) in [5.41, 5.74) is 1.47. The third-order valence-electron chi connectivity index (χ3n) is 4.66. The lowest BCUT2D eigenvalue weighted by Crippen LogP contribution is -2.38. The number of oxazole rings is 1. The van der Waals surface area contributed by atoms with Gasteiger partial charge in [0.1, 0.15) is 5.75 Å². The van der Waals surface area contributed by atoms with Crippen molar-refractivity contribution in [3.8, 4) is 17.1 Å². The Morgan fingerprint density at radius 2 is 1.97 bits per heavy atom. The molecule has 3 aromatic rings. The van der Waals surface area contributed by atoms with Crippen molar-refractivity contribution in [3.63, 3.8) is 0 Å². The maximum atomic E-state index is 12.6. The van der Waals surface area contributed by atoms with Gasteiger partial charge in [-0.15, -0.1) is 0 Å². The van der Waals surface area contributed by atoms with Crippen LogP contribution in [-0.2, 0) is 16.0 Å². The lowest BCUT2D eigenvalue weighted by Gasteiger charge is -2.20. The molecule has 0 saturated heterocycles. The molecule has 162 valence electrons. The van der Waals surface area contributed by atoms with Gasteiger partial charge >= 0.3 is 0 Å². The molecular formula is C23H24ClN3O4. The molecule has 2 aromatic carbocycles. The summed E-state index contributed by atoms with van der Waals surface area (Å²) in [6.07, 6.45) is 2.17. The van der Waals surface area contributed by atoms with Crippen LogP contribution in [0.3, 0.4) is 0 Å². The Kier molecular flexibility index (Phi) is 7.67. The van der Waals surface area contributed by atoms with Crippen molar-refractivity contribution in [1.29, 1.82) is 0 Å². The van der Waals surface area contributed by atoms with Crippen LogP contribution >= 0.6 is 11.6 Å². The molecule has 31 heavy (non-hydrogen) atoms. The fraction of sp³-hybridized carbons (Fsp3) is 0.261. The van der Waals surface area contributed by atoms with E-state index >= 15 is 0 Å². The number of nitrogens with zero attached hydrogens (tertiary/aromatic N) is 2. The molecule has 7 nitrogen and oxygen atoms in total. The van der Waals surface area contributed by atoms with Crippen LogP contribution < -0.4 is 10.1 Å². The number of amides is 2. The number of carbonyl (C=O) groups excluding carboxylic acids is 2. The average Bonchev–Trinajstić information content (AvgIpc) is 3.25. The van der Waals surface area contributed by atoms with E-state index < -0.39 is 0 Å². The first-order chi connectivity index (χ1) is 15.0. The summed E-state index contributed by atoms with van der Waals surface area (Å²) in [6.45, 7) is 2.22. The molecule has 0 spiro atoms. The second-order valence-corrected chi connectivity index (χ2v) is 7.25. The molecule has 0 fully saturated rings. The topological polar surface area (TPSA) is 84.7 Å². The van der Waals surface area contributed by atoms with Gasteiger partial charge in [-0.1, -0.05) is 17.7 Å². The van der Waals surface area contributed by atoms with E-state index in [9.17, 15) is 9.59 Å². The highest BCUT2D eigenvalue weighted by Gasteiger charge is 2.17. The van der Waals surface area contributed by atoms with Gasteiger partial charge in [-0.05, 0) is 43.3 Å². The van der Waals surface area contributed by atoms with Gasteiger partial charge in [0.15, 0.2) is 11.7 Å². The van der Waals surface area contributed by atoms with Gasteiger partial charge in [0.25, 0.3) is 0 Å². The largest absolute Gasteiger partial charge is 0.497 e. The van der Waals surface area contributed by atoms with Crippen molar-refractivity contribution in [2.24, 2.45) is 0 Å². The number of anilines is 1. The molecule has 0 atom stereocenters. The molecule has 0 bridgehead atoms. The molecule has 3 rings (SSSR count). The first-order valence-corrected chi connectivity index (χ1v) is 10.3. The van der Waals surface area contributed by atoms with E-state index in [2.05, 4.69) is 10.3 Å². The summed E-state index contributed by atoms with van der Waals surface area (Å²) in [6, 6.07) is 14.3. The van der Waals surface area contributed by atoms with Crippen molar-refractivity contribution < 1.29 is 18.7 Å². The van der Waals surface area contributed by atoms with Crippen molar-refractivity contribution >= 4 is 29.1 Å². The monoisotopic (exact) mass is 441 g/mol. The molecule has 0 saturated carbocycles. The summed E-state index contributed by atoms with van der Waals surface area (Å²) in [5, 5.41) is 3.43. The maximum Gasteiger partial charge on any atom is 0.243 e. The summed E-state index contributed by atoms with van der Waals surface area (Å²) in [7, 11) is 1.56. The number of hydrogen-bond acceptors (Lipinski definition) is 5. The number of likely N-dealkylation sites (N-methyl/N-ethyl adjacent to an activating group) is 1. The highest BCUT2D eigenvalue weighted by Crippen LogP contribution is 2.23. The summed E-state index contributed by atoms with van der Waals surface area (Å²) < 4.78 is 10.9. The Hall–Kier alpha value is -3.32. The Labute approximate surface area is 186 Å². The van der Waals surface area contributed by atoms with Gasteiger partial charge in [-0.25, -0.2) is 4.98 Å². The minimum Gasteiger partial charge on any atom is -0.497 e. The predicted octanol–water partition coefficient (Wildman–Crippen LogP) is 4.42. The number of nitrogens with one attached hydrogen (secondary N) is 1. The first kappa shape index (κ1) is 22.4. The molecule has 0 radical (unpaired) electrons. The minimum atomic E-state index is -0.274. The average molecular weight is 442 g/mol. The van der Waals surface area contributed by atoms with Gasteiger partial charge < -0.3 is 19.4 Å². The van der Waals surface area contributed by atoms with Gasteiger partial charge in [0, 0.05) is 41.7 Å². The molecule has 1 heterocycles. The van der Waals surface area contributed by atoms with E-state index in [4.69, 9.17) is 20.8 Å². The first-order valence-electron chi connectivity index (χ1n) is 9.90. The van der Waals surface area contributed by atoms with Gasteiger partial charge in [-0.2, -0.15) is 0 Å². The number of benzene rings is 2. The number of halogens is 1. The van der Waals surface area contributed by atoms with E-state index in [1.54, 1.807) is 49.7 Å². The molecule has 1 aromatic heterocycles. The third kappa shape index (κ3) is 6.33. The SMILES string of the molecule is CCN(CC(=O)Nc1cccc(OC)c1)C(=O)CCc1ncc(-c2ccc(Cl)cc2)o1. The van der Waals surface area contributed by atoms with Crippen LogP contribution in [-0.4, -0.2) is 41.9 Å². The van der Waals surface area contributed by atoms with Crippen LogP contribution in [0.4, 0.5) is 5.69 Å². The van der Waals surface area contributed by atoms with E-state index in [0.717, 1.165) is 5.56 Å². The smallest absolute Gasteiger partial charge is 0.243 e. The zero-order valence-electron chi connectivity index (χ0n) is 17.4. The number of methoxy groups -OCH3 is 1. The number of ether oxygens (including phenoxy) is 1. The van der Waals surface area contributed by atoms with Crippen molar-refractivity contribution in [3.05, 3.63) is 65.6 Å². The van der Waals surface area contributed by atoms with Gasteiger partial charge in [0.05, 0.1) is 19.9 Å². The lowest BCUT2D eigenvalue weighted by atomic mass is 10.2. The molecule has 0 aliphatic rings. The second kappa shape index (κ2) is 10.6. The van der Waals surface area contributed by atoms with Crippen LogP contribution in [0, 0.1) is 0 Å². The van der Waals surface area contributed by atoms with E-state index in [0.29, 0.717) is 41.1 Å². The van der Waals surface area contributed by atoms with Crippen molar-refractivity contribution in [1.82, 2.24) is 9.88 Å². The number of aromatic nitrogens is 1. The van der Waals surface area contributed by atoms with Crippen molar-refractivity contribution in [2.45, 2.75) is 19.8 Å². The Morgan fingerprint density at radius 3 is 2.68 bits per heavy atom. The van der Waals surface area contributed by atoms with Crippen LogP contribution in [0.1, 0.15) is 19.2 Å². The second-order valence-electron chi connectivity index (χ2n) is 6.81. The standard InChI is InChI=1S/C23H24ClN3O4/c1-3-27(15-21(28)26-18-5-4-6-19(13-18)30-2)23(29)12-11-22-25-14-20(31-22)16-7-9-17(24)10-8-16/h4-10,13-14H,3,11-12,15H2,1-2H3,(H,26,28). The number of aryl methyl sites for hydroxylation is 1. The van der Waals surface area contributed by atoms with E-state index in [1.165, 1.54) is 4.90 Å². The summed E-state index contributed by atoms with van der Waals surface area (Å²) in [5.74, 6) is 1.31. The number of carbonyl (C=O) groups is 2. The van der Waals surface area contributed by atoms with Crippen LogP contribution in [0.25, 0.3) is 11.3 Å². The number of hydrogen-bond donors (Lipinski definition) is 1. The third-order valence-corrected chi connectivity index (χ3v) is 4.91. The predicted molar refractivity (Wildman–Crippen MR) is 119 cm³/mol. The molecular weight excluding hydrogens is 418 g/mol. The van der Waals surface area contributed by atoms with E-state index in [-0.39, 0.29) is 24.8 Å². The molecule has 0 unspecified atom stereocenters. The highest BCUT2D eigenvalue weighted by molar-refractivity contribution is 6.30. The normalized spacial score (nSPS) is 10.5. The Morgan fingerprint density at radius 1 is 1.19 bits per heavy atom. The van der Waals surface area contributed by atoms with Crippen LogP contribution in [0.2, 0.25) is 5.02 Å². The molecule has 0 aliphatic heterocycles. The Balaban J connectivity index is 1.52. The van der Waals surface area contributed by atoms with Crippen LogP contribution in [0.15, 0.2) is 59.1 Å². The van der Waals surface area contributed by atoms with Gasteiger partial charge in [-0.3, -0.25) is 9.59 Å². The van der Waals surface area contributed by atoms with Crippen molar-refractivity contribution in [2.75, 3.05) is 25.5 Å². The number of rotatable bonds is 9. The zero-order chi connectivity index (χ0) is 22.2. The molecule has 0 aliphatic carbocycles. The summed E-state index contributed by atoms with van der Waals surface area (Å²) >= 11 is 5.90. The Bertz CT molecular complexity index is 1030. The zero-order valence-corrected chi connectivity index (χ0v) is 18.2. The fourth-order valence-electron chi connectivity index (χ4n) is 3.00. The maximum absolute atomic E-state index is 12.6. The summed E-state index contributed by atoms with van der Waals surface area (Å²) in [4.78, 5) is 30.7. The minimum absolute atomic E-state index is 0.0336. The molecule has 8 heteroatoms. The lowest BCUT2D eigenvalue weighted by molar-refractivity contribution is -0.134. The van der Waals surface area contributed by atoms with E-state index in [1.807, 2.05) is 19.1 Å². The molecule has 2 amide bonds.